The van der Waals surface area contributed by atoms with Crippen LogP contribution in [0.1, 0.15) is 13.8 Å². The minimum atomic E-state index is -0.602. The third-order valence-corrected chi connectivity index (χ3v) is 0.738. The maximum atomic E-state index is 10.5. The maximum absolute atomic E-state index is 10.5. The molecule has 2 nitrogen and oxygen atoms in total. The van der Waals surface area contributed by atoms with E-state index in [2.05, 4.69) is 11.7 Å². The van der Waals surface area contributed by atoms with Crippen molar-refractivity contribution in [2.45, 2.75) is 13.8 Å². The molecule has 0 aromatic heterocycles. The van der Waals surface area contributed by atoms with Gasteiger partial charge in [-0.25, -0.2) is 0 Å². The van der Waals surface area contributed by atoms with Crippen molar-refractivity contribution < 1.29 is 46.0 Å². The van der Waals surface area contributed by atoms with Crippen LogP contribution < -0.4 is 17.0 Å². The Balaban J connectivity index is -0.000000245. The number of rotatable bonds is 1. The molecule has 0 aromatic carbocycles. The molecule has 0 spiro atoms. The van der Waals surface area contributed by atoms with Crippen molar-refractivity contribution in [2.24, 2.45) is 5.41 Å². The molecular formula is C6H11BrO2Zn. The van der Waals surface area contributed by atoms with Crippen molar-refractivity contribution in [2.75, 3.05) is 7.11 Å². The summed E-state index contributed by atoms with van der Waals surface area (Å²) in [6.45, 7) is 6.98. The largest absolute Gasteiger partial charge is 2.00 e. The molecule has 56 valence electrons. The first-order chi connectivity index (χ1) is 3.48. The van der Waals surface area contributed by atoms with Crippen LogP contribution >= 0.6 is 0 Å². The maximum Gasteiger partial charge on any atom is 2.00 e. The number of carbonyl (C=O) groups is 1. The number of hydrogen-bond donors (Lipinski definition) is 0. The van der Waals surface area contributed by atoms with Gasteiger partial charge in [0.15, 0.2) is 0 Å². The van der Waals surface area contributed by atoms with Crippen LogP contribution in [0.4, 0.5) is 0 Å². The SMILES string of the molecule is [Br-].[CH2-]C(C)(C)C(=O)OC.[Zn+2]. The second kappa shape index (κ2) is 6.29. The summed E-state index contributed by atoms with van der Waals surface area (Å²) in [6, 6.07) is 0. The minimum Gasteiger partial charge on any atom is -1.00 e. The van der Waals surface area contributed by atoms with Crippen LogP contribution in [-0.2, 0) is 29.0 Å². The van der Waals surface area contributed by atoms with Crippen LogP contribution in [0.25, 0.3) is 0 Å². The Hall–Kier alpha value is 0.573. The molecule has 0 fully saturated rings. The summed E-state index contributed by atoms with van der Waals surface area (Å²) >= 11 is 0. The third-order valence-electron chi connectivity index (χ3n) is 0.738. The molecule has 0 saturated heterocycles. The molecule has 0 radical (unpaired) electrons. The van der Waals surface area contributed by atoms with E-state index in [9.17, 15) is 4.79 Å². The summed E-state index contributed by atoms with van der Waals surface area (Å²) in [7, 11) is 1.36. The van der Waals surface area contributed by atoms with Crippen molar-refractivity contribution in [3.63, 3.8) is 0 Å². The Morgan fingerprint density at radius 1 is 1.50 bits per heavy atom. The smallest absolute Gasteiger partial charge is 1.00 e. The fourth-order valence-electron chi connectivity index (χ4n) is 0.276. The molecule has 0 atom stereocenters. The number of esters is 1. The summed E-state index contributed by atoms with van der Waals surface area (Å²) in [5.74, 6) is -0.280. The van der Waals surface area contributed by atoms with E-state index in [1.807, 2.05) is 0 Å². The van der Waals surface area contributed by atoms with Crippen LogP contribution in [0.2, 0.25) is 0 Å². The Morgan fingerprint density at radius 3 is 1.80 bits per heavy atom. The van der Waals surface area contributed by atoms with Gasteiger partial charge in [0.1, 0.15) is 0 Å². The van der Waals surface area contributed by atoms with Crippen LogP contribution in [0.3, 0.4) is 0 Å². The average Bonchev–Trinajstić information content (AvgIpc) is 1.62. The zero-order valence-corrected chi connectivity index (χ0v) is 11.2. The van der Waals surface area contributed by atoms with Crippen LogP contribution in [0.5, 0.6) is 0 Å². The molecule has 0 bridgehead atoms. The Labute approximate surface area is 85.2 Å². The Bertz CT molecular complexity index is 98.4. The van der Waals surface area contributed by atoms with Gasteiger partial charge in [-0.3, -0.25) is 4.79 Å². The van der Waals surface area contributed by atoms with Gasteiger partial charge in [-0.05, 0) is 0 Å². The van der Waals surface area contributed by atoms with Gasteiger partial charge in [0.05, 0.1) is 7.11 Å². The molecule has 0 unspecified atom stereocenters. The van der Waals surface area contributed by atoms with Crippen molar-refractivity contribution >= 4 is 5.97 Å². The van der Waals surface area contributed by atoms with Gasteiger partial charge in [0.25, 0.3) is 5.97 Å². The zero-order valence-electron chi connectivity index (χ0n) is 6.61. The van der Waals surface area contributed by atoms with E-state index >= 15 is 0 Å². The molecular weight excluding hydrogens is 249 g/mol. The van der Waals surface area contributed by atoms with E-state index in [4.69, 9.17) is 0 Å². The predicted octanol–water partition coefficient (Wildman–Crippen LogP) is -1.98. The summed E-state index contributed by atoms with van der Waals surface area (Å²) in [4.78, 5) is 10.5. The number of halogens is 1. The molecule has 0 rings (SSSR count). The van der Waals surface area contributed by atoms with Crippen molar-refractivity contribution in [1.29, 1.82) is 0 Å². The molecule has 0 aliphatic carbocycles. The Morgan fingerprint density at radius 2 is 1.80 bits per heavy atom. The van der Waals surface area contributed by atoms with E-state index in [0.29, 0.717) is 0 Å². The second-order valence-corrected chi connectivity index (χ2v) is 2.38. The van der Waals surface area contributed by atoms with E-state index in [1.54, 1.807) is 13.8 Å². The van der Waals surface area contributed by atoms with Gasteiger partial charge in [-0.1, -0.05) is 19.3 Å². The average molecular weight is 260 g/mol. The summed E-state index contributed by atoms with van der Waals surface area (Å²) < 4.78 is 4.41. The number of carbonyl (C=O) groups excluding carboxylic acids is 1. The van der Waals surface area contributed by atoms with Gasteiger partial charge in [-0.15, -0.1) is 0 Å². The molecule has 0 heterocycles. The second-order valence-electron chi connectivity index (χ2n) is 2.38. The van der Waals surface area contributed by atoms with E-state index < -0.39 is 5.41 Å². The molecule has 0 amide bonds. The minimum absolute atomic E-state index is 0. The number of methoxy groups -OCH3 is 1. The standard InChI is InChI=1S/C6H11O2.BrH.Zn/c1-6(2,3)5(7)8-4;;/h1H2,2-4H3;1H;/q-1;;+2/p-1. The zero-order chi connectivity index (χ0) is 6.78. The van der Waals surface area contributed by atoms with Gasteiger partial charge in [-0.2, -0.15) is 0 Å². The van der Waals surface area contributed by atoms with E-state index in [1.165, 1.54) is 7.11 Å². The molecule has 0 saturated carbocycles. The fourth-order valence-corrected chi connectivity index (χ4v) is 0.276. The van der Waals surface area contributed by atoms with E-state index in [-0.39, 0.29) is 42.4 Å². The predicted molar refractivity (Wildman–Crippen MR) is 31.2 cm³/mol. The fraction of sp³-hybridized carbons (Fsp3) is 0.667. The molecule has 0 aromatic rings. The van der Waals surface area contributed by atoms with E-state index in [0.717, 1.165) is 0 Å². The monoisotopic (exact) mass is 258 g/mol. The summed E-state index contributed by atoms with van der Waals surface area (Å²) in [5.41, 5.74) is -0.602. The van der Waals surface area contributed by atoms with Gasteiger partial charge in [0, 0.05) is 0 Å². The molecule has 10 heavy (non-hydrogen) atoms. The van der Waals surface area contributed by atoms with Crippen LogP contribution in [0.15, 0.2) is 0 Å². The molecule has 0 N–H and O–H groups in total. The third kappa shape index (κ3) is 6.69. The molecule has 4 heteroatoms. The van der Waals surface area contributed by atoms with Crippen molar-refractivity contribution in [3.8, 4) is 0 Å². The summed E-state index contributed by atoms with van der Waals surface area (Å²) in [6.07, 6.45) is 0. The first kappa shape index (κ1) is 16.9. The van der Waals surface area contributed by atoms with Crippen LogP contribution in [-0.4, -0.2) is 13.1 Å². The summed E-state index contributed by atoms with van der Waals surface area (Å²) in [5, 5.41) is 0. The van der Waals surface area contributed by atoms with Gasteiger partial charge < -0.3 is 28.6 Å². The van der Waals surface area contributed by atoms with Crippen molar-refractivity contribution in [3.05, 3.63) is 6.92 Å². The molecule has 0 aliphatic heterocycles. The van der Waals surface area contributed by atoms with Gasteiger partial charge >= 0.3 is 19.5 Å². The topological polar surface area (TPSA) is 26.3 Å². The van der Waals surface area contributed by atoms with Crippen molar-refractivity contribution in [1.82, 2.24) is 0 Å². The van der Waals surface area contributed by atoms with Crippen LogP contribution in [0, 0.1) is 12.3 Å². The first-order valence-corrected chi connectivity index (χ1v) is 2.42. The molecule has 0 aliphatic rings. The number of ether oxygens (including phenoxy) is 1. The number of hydrogen-bond acceptors (Lipinski definition) is 2. The van der Waals surface area contributed by atoms with Gasteiger partial charge in [0.2, 0.25) is 0 Å². The normalized spacial score (nSPS) is 8.80. The Kier molecular flexibility index (Phi) is 10.6. The first-order valence-electron chi connectivity index (χ1n) is 2.42. The quantitative estimate of drug-likeness (QED) is 0.310.